The molecule has 3 aromatic heterocycles. The van der Waals surface area contributed by atoms with E-state index in [9.17, 15) is 4.79 Å². The molecule has 0 spiro atoms. The lowest BCUT2D eigenvalue weighted by atomic mass is 9.87. The Morgan fingerprint density at radius 2 is 2.18 bits per heavy atom. The average molecular weight is 380 g/mol. The van der Waals surface area contributed by atoms with E-state index in [1.807, 2.05) is 24.4 Å². The van der Waals surface area contributed by atoms with Gasteiger partial charge in [-0.25, -0.2) is 9.50 Å². The number of methoxy groups -OCH3 is 1. The molecule has 8 nitrogen and oxygen atoms in total. The van der Waals surface area contributed by atoms with Gasteiger partial charge >= 0.3 is 0 Å². The Labute approximate surface area is 163 Å². The fraction of sp³-hybridized carbons (Fsp3) is 0.350. The highest BCUT2D eigenvalue weighted by Crippen LogP contribution is 2.32. The summed E-state index contributed by atoms with van der Waals surface area (Å²) in [5.41, 5.74) is 9.41. The SMILES string of the molecule is COc1cc(-c2cc3c(NC4CNCC4(C)C)cc(C(N)=O)nn3c2)ccn1. The van der Waals surface area contributed by atoms with E-state index < -0.39 is 5.91 Å². The Balaban J connectivity index is 1.81. The number of rotatable bonds is 5. The fourth-order valence-electron chi connectivity index (χ4n) is 3.56. The van der Waals surface area contributed by atoms with Crippen LogP contribution in [-0.2, 0) is 0 Å². The molecule has 1 amide bonds. The predicted molar refractivity (Wildman–Crippen MR) is 108 cm³/mol. The number of nitrogens with two attached hydrogens (primary N) is 1. The number of pyridine rings is 1. The van der Waals surface area contributed by atoms with Crippen LogP contribution in [0.1, 0.15) is 24.3 Å². The van der Waals surface area contributed by atoms with Crippen molar-refractivity contribution in [3.05, 3.63) is 42.4 Å². The number of aromatic nitrogens is 3. The van der Waals surface area contributed by atoms with Crippen molar-refractivity contribution in [2.75, 3.05) is 25.5 Å². The Hall–Kier alpha value is -3.13. The maximum Gasteiger partial charge on any atom is 0.269 e. The summed E-state index contributed by atoms with van der Waals surface area (Å²) in [7, 11) is 1.59. The molecule has 0 aromatic carbocycles. The minimum absolute atomic E-state index is 0.0844. The molecule has 0 radical (unpaired) electrons. The van der Waals surface area contributed by atoms with Gasteiger partial charge in [0.1, 0.15) is 0 Å². The molecule has 1 fully saturated rings. The first kappa shape index (κ1) is 18.2. The van der Waals surface area contributed by atoms with E-state index in [2.05, 4.69) is 34.6 Å². The largest absolute Gasteiger partial charge is 0.481 e. The lowest BCUT2D eigenvalue weighted by Gasteiger charge is -2.27. The third-order valence-corrected chi connectivity index (χ3v) is 5.30. The predicted octanol–water partition coefficient (Wildman–Crippen LogP) is 1.91. The molecule has 28 heavy (non-hydrogen) atoms. The zero-order chi connectivity index (χ0) is 19.9. The molecule has 4 rings (SSSR count). The Morgan fingerprint density at radius 1 is 1.36 bits per heavy atom. The van der Waals surface area contributed by atoms with Crippen LogP contribution in [0.15, 0.2) is 36.7 Å². The van der Waals surface area contributed by atoms with Gasteiger partial charge < -0.3 is 21.1 Å². The first-order valence-electron chi connectivity index (χ1n) is 9.18. The second-order valence-corrected chi connectivity index (χ2v) is 7.77. The van der Waals surface area contributed by atoms with Crippen LogP contribution in [0.5, 0.6) is 5.88 Å². The molecule has 1 atom stereocenters. The minimum atomic E-state index is -0.561. The van der Waals surface area contributed by atoms with Gasteiger partial charge in [0.2, 0.25) is 5.88 Å². The number of nitrogens with zero attached hydrogens (tertiary/aromatic N) is 3. The van der Waals surface area contributed by atoms with E-state index in [0.717, 1.165) is 35.4 Å². The van der Waals surface area contributed by atoms with Gasteiger partial charge in [0.25, 0.3) is 5.91 Å². The highest BCUT2D eigenvalue weighted by Gasteiger charge is 2.34. The van der Waals surface area contributed by atoms with Crippen LogP contribution in [0.4, 0.5) is 5.69 Å². The Morgan fingerprint density at radius 3 is 2.86 bits per heavy atom. The van der Waals surface area contributed by atoms with Crippen LogP contribution >= 0.6 is 0 Å². The molecule has 3 aromatic rings. The minimum Gasteiger partial charge on any atom is -0.481 e. The van der Waals surface area contributed by atoms with E-state index in [0.29, 0.717) is 5.88 Å². The Kier molecular flexibility index (Phi) is 4.43. The van der Waals surface area contributed by atoms with Crippen molar-refractivity contribution in [3.8, 4) is 17.0 Å². The number of amides is 1. The highest BCUT2D eigenvalue weighted by molar-refractivity contribution is 5.93. The summed E-state index contributed by atoms with van der Waals surface area (Å²) in [6, 6.07) is 7.75. The second-order valence-electron chi connectivity index (χ2n) is 7.77. The quantitative estimate of drug-likeness (QED) is 0.624. The number of hydrogen-bond donors (Lipinski definition) is 3. The van der Waals surface area contributed by atoms with Crippen molar-refractivity contribution in [1.82, 2.24) is 19.9 Å². The van der Waals surface area contributed by atoms with Crippen LogP contribution in [0.3, 0.4) is 0 Å². The van der Waals surface area contributed by atoms with Crippen LogP contribution in [-0.4, -0.2) is 46.7 Å². The molecule has 8 heteroatoms. The topological polar surface area (TPSA) is 107 Å². The van der Waals surface area contributed by atoms with Crippen LogP contribution in [0, 0.1) is 5.41 Å². The van der Waals surface area contributed by atoms with E-state index >= 15 is 0 Å². The van der Waals surface area contributed by atoms with E-state index in [-0.39, 0.29) is 17.2 Å². The summed E-state index contributed by atoms with van der Waals surface area (Å²) >= 11 is 0. The van der Waals surface area contributed by atoms with Crippen molar-refractivity contribution < 1.29 is 9.53 Å². The van der Waals surface area contributed by atoms with E-state index in [4.69, 9.17) is 10.5 Å². The summed E-state index contributed by atoms with van der Waals surface area (Å²) in [5.74, 6) is -0.0229. The van der Waals surface area contributed by atoms with Crippen LogP contribution in [0.25, 0.3) is 16.6 Å². The molecule has 1 unspecified atom stereocenters. The lowest BCUT2D eigenvalue weighted by Crippen LogP contribution is -2.35. The third kappa shape index (κ3) is 3.27. The van der Waals surface area contributed by atoms with E-state index in [1.165, 1.54) is 0 Å². The molecule has 4 heterocycles. The normalized spacial score (nSPS) is 18.3. The molecule has 1 saturated heterocycles. The molecule has 1 aliphatic rings. The molecule has 0 saturated carbocycles. The number of hydrogen-bond acceptors (Lipinski definition) is 6. The zero-order valence-electron chi connectivity index (χ0n) is 16.2. The number of fused-ring (bicyclic) bond motifs is 1. The van der Waals surface area contributed by atoms with Crippen molar-refractivity contribution in [2.24, 2.45) is 11.1 Å². The van der Waals surface area contributed by atoms with Gasteiger partial charge in [-0.3, -0.25) is 4.79 Å². The van der Waals surface area contributed by atoms with Crippen molar-refractivity contribution >= 4 is 17.1 Å². The molecular formula is C20H24N6O2. The molecular weight excluding hydrogens is 356 g/mol. The van der Waals surface area contributed by atoms with Gasteiger partial charge in [-0.2, -0.15) is 5.10 Å². The van der Waals surface area contributed by atoms with Gasteiger partial charge in [0, 0.05) is 43.2 Å². The summed E-state index contributed by atoms with van der Waals surface area (Å²) in [4.78, 5) is 16.0. The van der Waals surface area contributed by atoms with Crippen molar-refractivity contribution in [2.45, 2.75) is 19.9 Å². The van der Waals surface area contributed by atoms with Gasteiger partial charge in [0.05, 0.1) is 18.3 Å². The van der Waals surface area contributed by atoms with Crippen LogP contribution < -0.4 is 21.1 Å². The molecule has 1 aliphatic heterocycles. The first-order valence-corrected chi connectivity index (χ1v) is 9.18. The fourth-order valence-corrected chi connectivity index (χ4v) is 3.56. The zero-order valence-corrected chi connectivity index (χ0v) is 16.2. The Bertz CT molecular complexity index is 1040. The lowest BCUT2D eigenvalue weighted by molar-refractivity contribution is 0.0994. The van der Waals surface area contributed by atoms with Crippen molar-refractivity contribution in [3.63, 3.8) is 0 Å². The maximum atomic E-state index is 11.8. The van der Waals surface area contributed by atoms with Gasteiger partial charge in [-0.05, 0) is 29.2 Å². The van der Waals surface area contributed by atoms with E-state index in [1.54, 1.807) is 23.9 Å². The summed E-state index contributed by atoms with van der Waals surface area (Å²) in [6.07, 6.45) is 3.57. The van der Waals surface area contributed by atoms with Crippen molar-refractivity contribution in [1.29, 1.82) is 0 Å². The van der Waals surface area contributed by atoms with Gasteiger partial charge in [-0.15, -0.1) is 0 Å². The second kappa shape index (κ2) is 6.79. The smallest absolute Gasteiger partial charge is 0.269 e. The number of nitrogens with one attached hydrogen (secondary N) is 2. The average Bonchev–Trinajstić information content (AvgIpc) is 3.25. The molecule has 0 bridgehead atoms. The number of ether oxygens (including phenoxy) is 1. The number of anilines is 1. The first-order chi connectivity index (χ1) is 13.4. The van der Waals surface area contributed by atoms with Gasteiger partial charge in [0.15, 0.2) is 5.69 Å². The standard InChI is InChI=1S/C20H24N6O2/c1-20(2)11-22-9-17(20)24-14-8-15(19(21)27)25-26-10-13(6-16(14)26)12-4-5-23-18(7-12)28-3/h4-8,10,17,22,24H,9,11H2,1-3H3,(H2,21,27). The summed E-state index contributed by atoms with van der Waals surface area (Å²) < 4.78 is 6.92. The molecule has 4 N–H and O–H groups in total. The third-order valence-electron chi connectivity index (χ3n) is 5.30. The number of carbonyl (C=O) groups is 1. The molecule has 0 aliphatic carbocycles. The summed E-state index contributed by atoms with van der Waals surface area (Å²) in [5, 5.41) is 11.4. The molecule has 146 valence electrons. The van der Waals surface area contributed by atoms with Crippen LogP contribution in [0.2, 0.25) is 0 Å². The summed E-state index contributed by atoms with van der Waals surface area (Å²) in [6.45, 7) is 6.20. The maximum absolute atomic E-state index is 11.8. The monoisotopic (exact) mass is 380 g/mol. The number of carbonyl (C=O) groups excluding carboxylic acids is 1. The highest BCUT2D eigenvalue weighted by atomic mass is 16.5. The van der Waals surface area contributed by atoms with Gasteiger partial charge in [-0.1, -0.05) is 13.8 Å². The number of primary amides is 1.